The number of nitrogens with zero attached hydrogens (tertiary/aromatic N) is 4. The van der Waals surface area contributed by atoms with Gasteiger partial charge in [0.2, 0.25) is 23.5 Å². The highest BCUT2D eigenvalue weighted by Crippen LogP contribution is 2.23. The van der Waals surface area contributed by atoms with Gasteiger partial charge < -0.3 is 13.7 Å². The molecule has 8 heteroatoms. The number of hydrogen-bond donors (Lipinski definition) is 0. The molecule has 7 nitrogen and oxygen atoms in total. The summed E-state index contributed by atoms with van der Waals surface area (Å²) < 4.78 is 17.1. The maximum absolute atomic E-state index is 5.68. The van der Waals surface area contributed by atoms with Crippen molar-refractivity contribution in [1.29, 1.82) is 0 Å². The van der Waals surface area contributed by atoms with Gasteiger partial charge in [0.05, 0.1) is 7.11 Å². The van der Waals surface area contributed by atoms with E-state index in [-0.39, 0.29) is 6.42 Å². The van der Waals surface area contributed by atoms with Gasteiger partial charge in [0.1, 0.15) is 12.2 Å². The minimum Gasteiger partial charge on any atom is -0.497 e. The molecule has 0 fully saturated rings. The Morgan fingerprint density at radius 1 is 0.923 bits per heavy atom. The molecule has 2 heterocycles. The Bertz CT molecular complexity index is 1010. The summed E-state index contributed by atoms with van der Waals surface area (Å²) in [6.07, 6.45) is 0.271. The van der Waals surface area contributed by atoms with Gasteiger partial charge in [-0.1, -0.05) is 21.1 Å². The van der Waals surface area contributed by atoms with Crippen LogP contribution in [0.15, 0.2) is 61.9 Å². The average molecular weight is 413 g/mol. The molecule has 0 atom stereocenters. The Morgan fingerprint density at radius 2 is 1.65 bits per heavy atom. The smallest absolute Gasteiger partial charge is 0.247 e. The van der Waals surface area contributed by atoms with Crippen LogP contribution in [0.4, 0.5) is 0 Å². The fraction of sp³-hybridized carbons (Fsp3) is 0.111. The molecular formula is C18H13BrN4O3. The number of benzene rings is 2. The zero-order valence-corrected chi connectivity index (χ0v) is 15.3. The summed E-state index contributed by atoms with van der Waals surface area (Å²) in [4.78, 5) is 4.37. The highest BCUT2D eigenvalue weighted by Gasteiger charge is 2.14. The van der Waals surface area contributed by atoms with Gasteiger partial charge >= 0.3 is 0 Å². The van der Waals surface area contributed by atoms with Crippen molar-refractivity contribution in [3.05, 3.63) is 64.8 Å². The molecule has 0 spiro atoms. The molecule has 26 heavy (non-hydrogen) atoms. The van der Waals surface area contributed by atoms with Crippen LogP contribution in [0.5, 0.6) is 5.75 Å². The van der Waals surface area contributed by atoms with Crippen LogP contribution in [-0.2, 0) is 6.42 Å². The van der Waals surface area contributed by atoms with E-state index in [2.05, 4.69) is 36.3 Å². The van der Waals surface area contributed by atoms with Crippen molar-refractivity contribution < 1.29 is 13.7 Å². The molecule has 0 N–H and O–H groups in total. The quantitative estimate of drug-likeness (QED) is 0.486. The van der Waals surface area contributed by atoms with E-state index in [1.54, 1.807) is 7.11 Å². The Labute approximate surface area is 157 Å². The Morgan fingerprint density at radius 3 is 2.38 bits per heavy atom. The zero-order chi connectivity index (χ0) is 17.9. The van der Waals surface area contributed by atoms with Crippen molar-refractivity contribution in [3.8, 4) is 28.6 Å². The number of aromatic nitrogens is 4. The Kier molecular flexibility index (Phi) is 4.49. The van der Waals surface area contributed by atoms with E-state index >= 15 is 0 Å². The number of methoxy groups -OCH3 is 1. The second-order valence-corrected chi connectivity index (χ2v) is 6.34. The zero-order valence-electron chi connectivity index (χ0n) is 13.7. The molecule has 0 amide bonds. The van der Waals surface area contributed by atoms with Crippen molar-refractivity contribution >= 4 is 15.9 Å². The van der Waals surface area contributed by atoms with Gasteiger partial charge in [-0.25, -0.2) is 0 Å². The van der Waals surface area contributed by atoms with E-state index in [1.807, 2.05) is 48.5 Å². The van der Waals surface area contributed by atoms with E-state index in [0.29, 0.717) is 23.5 Å². The van der Waals surface area contributed by atoms with E-state index in [0.717, 1.165) is 21.3 Å². The highest BCUT2D eigenvalue weighted by molar-refractivity contribution is 9.10. The first-order valence-electron chi connectivity index (χ1n) is 7.76. The third kappa shape index (κ3) is 3.50. The molecule has 0 bridgehead atoms. The van der Waals surface area contributed by atoms with Crippen molar-refractivity contribution in [2.24, 2.45) is 0 Å². The maximum atomic E-state index is 5.68. The molecule has 4 rings (SSSR count). The number of hydrogen-bond acceptors (Lipinski definition) is 7. The molecule has 4 aromatic rings. The van der Waals surface area contributed by atoms with Crippen LogP contribution in [0.1, 0.15) is 11.8 Å². The van der Waals surface area contributed by atoms with Crippen LogP contribution < -0.4 is 4.74 Å². The molecular weight excluding hydrogens is 400 g/mol. The van der Waals surface area contributed by atoms with Crippen LogP contribution in [-0.4, -0.2) is 27.4 Å². The predicted molar refractivity (Wildman–Crippen MR) is 96.5 cm³/mol. The van der Waals surface area contributed by atoms with Crippen LogP contribution >= 0.6 is 15.9 Å². The molecule has 2 aromatic carbocycles. The van der Waals surface area contributed by atoms with Crippen LogP contribution in [0.2, 0.25) is 0 Å². The van der Waals surface area contributed by atoms with Gasteiger partial charge in [-0.15, -0.1) is 10.2 Å². The third-order valence-corrected chi connectivity index (χ3v) is 4.21. The lowest BCUT2D eigenvalue weighted by Gasteiger charge is -1.99. The average Bonchev–Trinajstić information content (AvgIpc) is 3.33. The summed E-state index contributed by atoms with van der Waals surface area (Å²) in [5.41, 5.74) is 1.68. The van der Waals surface area contributed by atoms with Crippen molar-refractivity contribution in [2.75, 3.05) is 7.11 Å². The van der Waals surface area contributed by atoms with E-state index in [9.17, 15) is 0 Å². The molecule has 0 saturated heterocycles. The number of ether oxygens (including phenoxy) is 1. The standard InChI is InChI=1S/C18H13BrN4O3/c1-24-14-8-4-12(5-9-14)18-22-21-16(25-18)10-15-20-17(23-26-15)11-2-6-13(19)7-3-11/h2-9H,10H2,1H3. The minimum absolute atomic E-state index is 0.271. The fourth-order valence-electron chi connectivity index (χ4n) is 2.35. The van der Waals surface area contributed by atoms with Crippen LogP contribution in [0.25, 0.3) is 22.8 Å². The first-order valence-corrected chi connectivity index (χ1v) is 8.56. The molecule has 0 aliphatic carbocycles. The van der Waals surface area contributed by atoms with Crippen molar-refractivity contribution in [2.45, 2.75) is 6.42 Å². The van der Waals surface area contributed by atoms with Crippen LogP contribution in [0, 0.1) is 0 Å². The molecule has 0 saturated carbocycles. The van der Waals surface area contributed by atoms with Gasteiger partial charge in [0, 0.05) is 15.6 Å². The Balaban J connectivity index is 1.49. The van der Waals surface area contributed by atoms with Gasteiger partial charge in [0.25, 0.3) is 0 Å². The number of rotatable bonds is 5. The summed E-state index contributed by atoms with van der Waals surface area (Å²) in [5.74, 6) is 2.52. The number of halogens is 1. The summed E-state index contributed by atoms with van der Waals surface area (Å²) in [7, 11) is 1.62. The largest absolute Gasteiger partial charge is 0.497 e. The molecule has 2 aromatic heterocycles. The first-order chi connectivity index (χ1) is 12.7. The maximum Gasteiger partial charge on any atom is 0.247 e. The van der Waals surface area contributed by atoms with Crippen molar-refractivity contribution in [1.82, 2.24) is 20.3 Å². The molecule has 0 aliphatic rings. The van der Waals surface area contributed by atoms with E-state index in [1.165, 1.54) is 0 Å². The summed E-state index contributed by atoms with van der Waals surface area (Å²) in [5, 5.41) is 12.1. The third-order valence-electron chi connectivity index (χ3n) is 3.68. The summed E-state index contributed by atoms with van der Waals surface area (Å²) in [6.45, 7) is 0. The first kappa shape index (κ1) is 16.5. The van der Waals surface area contributed by atoms with Crippen molar-refractivity contribution in [3.63, 3.8) is 0 Å². The normalized spacial score (nSPS) is 10.8. The second-order valence-electron chi connectivity index (χ2n) is 5.42. The monoisotopic (exact) mass is 412 g/mol. The SMILES string of the molecule is COc1ccc(-c2nnc(Cc3nc(-c4ccc(Br)cc4)no3)o2)cc1. The topological polar surface area (TPSA) is 87.1 Å². The van der Waals surface area contributed by atoms with E-state index < -0.39 is 0 Å². The van der Waals surface area contributed by atoms with Gasteiger partial charge in [-0.05, 0) is 48.5 Å². The summed E-state index contributed by atoms with van der Waals surface area (Å²) in [6, 6.07) is 15.0. The van der Waals surface area contributed by atoms with Gasteiger partial charge in [0.15, 0.2) is 0 Å². The molecule has 130 valence electrons. The predicted octanol–water partition coefficient (Wildman–Crippen LogP) is 4.15. The van der Waals surface area contributed by atoms with E-state index in [4.69, 9.17) is 13.7 Å². The lowest BCUT2D eigenvalue weighted by atomic mass is 10.2. The molecule has 0 unspecified atom stereocenters. The lowest BCUT2D eigenvalue weighted by Crippen LogP contribution is -1.88. The highest BCUT2D eigenvalue weighted by atomic mass is 79.9. The summed E-state index contributed by atoms with van der Waals surface area (Å²) >= 11 is 3.40. The fourth-order valence-corrected chi connectivity index (χ4v) is 2.61. The minimum atomic E-state index is 0.271. The van der Waals surface area contributed by atoms with Crippen LogP contribution in [0.3, 0.4) is 0 Å². The lowest BCUT2D eigenvalue weighted by molar-refractivity contribution is 0.374. The second kappa shape index (κ2) is 7.09. The van der Waals surface area contributed by atoms with Gasteiger partial charge in [-0.3, -0.25) is 0 Å². The molecule has 0 aliphatic heterocycles. The van der Waals surface area contributed by atoms with Gasteiger partial charge in [-0.2, -0.15) is 4.98 Å². The molecule has 0 radical (unpaired) electrons. The Hall–Kier alpha value is -3.00.